The average Bonchev–Trinajstić information content (AvgIpc) is 2.74. The molecule has 0 radical (unpaired) electrons. The summed E-state index contributed by atoms with van der Waals surface area (Å²) >= 11 is 0. The number of benzene rings is 1. The third-order valence-electron chi connectivity index (χ3n) is 4.42. The molecule has 3 atom stereocenters. The predicted molar refractivity (Wildman–Crippen MR) is 73.2 cm³/mol. The summed E-state index contributed by atoms with van der Waals surface area (Å²) in [7, 11) is 1.67. The maximum atomic E-state index is 6.20. The fourth-order valence-corrected chi connectivity index (χ4v) is 3.31. The summed E-state index contributed by atoms with van der Waals surface area (Å²) in [4.78, 5) is 0. The van der Waals surface area contributed by atoms with Gasteiger partial charge in [-0.1, -0.05) is 18.2 Å². The standard InChI is InChI=1S/C16H20O3/c1-5-8-16-15(3,10-14(17-4)19-16)12-7-6-11(2)9-13(12)18-16/h5-7,9,14H,1,8,10H2,2-4H3/t14-,15+,16+/m1/s1. The molecule has 0 saturated carbocycles. The molecule has 3 heteroatoms. The van der Waals surface area contributed by atoms with Crippen LogP contribution in [0.2, 0.25) is 0 Å². The zero-order chi connectivity index (χ0) is 13.7. The Kier molecular flexibility index (Phi) is 2.73. The topological polar surface area (TPSA) is 27.7 Å². The van der Waals surface area contributed by atoms with E-state index in [2.05, 4.69) is 38.6 Å². The van der Waals surface area contributed by atoms with Crippen LogP contribution in [0.5, 0.6) is 5.75 Å². The molecule has 2 heterocycles. The van der Waals surface area contributed by atoms with Crippen molar-refractivity contribution in [2.75, 3.05) is 7.11 Å². The van der Waals surface area contributed by atoms with E-state index in [4.69, 9.17) is 14.2 Å². The van der Waals surface area contributed by atoms with Crippen LogP contribution in [0.3, 0.4) is 0 Å². The largest absolute Gasteiger partial charge is 0.461 e. The van der Waals surface area contributed by atoms with E-state index >= 15 is 0 Å². The van der Waals surface area contributed by atoms with E-state index in [1.54, 1.807) is 7.11 Å². The number of fused-ring (bicyclic) bond motifs is 3. The molecule has 0 N–H and O–H groups in total. The van der Waals surface area contributed by atoms with Crippen LogP contribution in [0.25, 0.3) is 0 Å². The van der Waals surface area contributed by atoms with Gasteiger partial charge >= 0.3 is 0 Å². The fourth-order valence-electron chi connectivity index (χ4n) is 3.31. The Morgan fingerprint density at radius 1 is 1.53 bits per heavy atom. The quantitative estimate of drug-likeness (QED) is 0.780. The van der Waals surface area contributed by atoms with Crippen LogP contribution in [0.4, 0.5) is 0 Å². The van der Waals surface area contributed by atoms with Crippen molar-refractivity contribution in [2.24, 2.45) is 0 Å². The van der Waals surface area contributed by atoms with E-state index in [-0.39, 0.29) is 11.7 Å². The first-order valence-corrected chi connectivity index (χ1v) is 6.66. The van der Waals surface area contributed by atoms with Gasteiger partial charge in [-0.2, -0.15) is 0 Å². The van der Waals surface area contributed by atoms with Crippen molar-refractivity contribution in [1.82, 2.24) is 0 Å². The Bertz CT molecular complexity index is 525. The maximum Gasteiger partial charge on any atom is 0.226 e. The van der Waals surface area contributed by atoms with E-state index in [1.165, 1.54) is 11.1 Å². The van der Waals surface area contributed by atoms with Crippen molar-refractivity contribution in [1.29, 1.82) is 0 Å². The first kappa shape index (κ1) is 12.7. The lowest BCUT2D eigenvalue weighted by Gasteiger charge is -2.33. The molecule has 1 aromatic rings. The molecule has 2 aliphatic heterocycles. The predicted octanol–water partition coefficient (Wildman–Crippen LogP) is 3.31. The van der Waals surface area contributed by atoms with Crippen molar-refractivity contribution < 1.29 is 14.2 Å². The van der Waals surface area contributed by atoms with Crippen molar-refractivity contribution in [2.45, 2.75) is 44.2 Å². The zero-order valence-electron chi connectivity index (χ0n) is 11.7. The molecule has 0 bridgehead atoms. The summed E-state index contributed by atoms with van der Waals surface area (Å²) in [5.74, 6) is 0.254. The summed E-state index contributed by atoms with van der Waals surface area (Å²) < 4.78 is 17.7. The smallest absolute Gasteiger partial charge is 0.226 e. The van der Waals surface area contributed by atoms with Crippen molar-refractivity contribution >= 4 is 0 Å². The van der Waals surface area contributed by atoms with E-state index in [1.807, 2.05) is 6.08 Å². The van der Waals surface area contributed by atoms with Crippen LogP contribution in [0.15, 0.2) is 30.9 Å². The number of aryl methyl sites for hydroxylation is 1. The highest BCUT2D eigenvalue weighted by molar-refractivity contribution is 5.49. The summed E-state index contributed by atoms with van der Waals surface area (Å²) in [6.07, 6.45) is 3.08. The highest BCUT2D eigenvalue weighted by atomic mass is 16.8. The number of hydrogen-bond acceptors (Lipinski definition) is 3. The molecule has 3 rings (SSSR count). The van der Waals surface area contributed by atoms with E-state index in [0.717, 1.165) is 12.2 Å². The Morgan fingerprint density at radius 3 is 3.00 bits per heavy atom. The van der Waals surface area contributed by atoms with Gasteiger partial charge in [0.15, 0.2) is 6.29 Å². The molecule has 1 aromatic carbocycles. The molecule has 0 amide bonds. The van der Waals surface area contributed by atoms with Crippen LogP contribution in [0, 0.1) is 6.92 Å². The van der Waals surface area contributed by atoms with Gasteiger partial charge in [0.25, 0.3) is 0 Å². The second-order valence-corrected chi connectivity index (χ2v) is 5.67. The zero-order valence-corrected chi connectivity index (χ0v) is 11.7. The van der Waals surface area contributed by atoms with Crippen molar-refractivity contribution in [3.8, 4) is 5.75 Å². The summed E-state index contributed by atoms with van der Waals surface area (Å²) in [6, 6.07) is 6.35. The summed E-state index contributed by atoms with van der Waals surface area (Å²) in [5.41, 5.74) is 2.21. The Hall–Kier alpha value is -1.32. The molecule has 0 aromatic heterocycles. The normalized spacial score (nSPS) is 35.6. The van der Waals surface area contributed by atoms with Crippen molar-refractivity contribution in [3.63, 3.8) is 0 Å². The number of ether oxygens (including phenoxy) is 3. The van der Waals surface area contributed by atoms with Crippen LogP contribution in [0.1, 0.15) is 30.9 Å². The van der Waals surface area contributed by atoms with Gasteiger partial charge in [0.05, 0.1) is 5.41 Å². The minimum absolute atomic E-state index is 0.190. The van der Waals surface area contributed by atoms with E-state index < -0.39 is 5.79 Å². The van der Waals surface area contributed by atoms with Crippen LogP contribution < -0.4 is 4.74 Å². The second-order valence-electron chi connectivity index (χ2n) is 5.67. The molecular weight excluding hydrogens is 240 g/mol. The highest BCUT2D eigenvalue weighted by Crippen LogP contribution is 2.58. The lowest BCUT2D eigenvalue weighted by molar-refractivity contribution is -0.232. The monoisotopic (exact) mass is 260 g/mol. The number of methoxy groups -OCH3 is 1. The molecule has 0 unspecified atom stereocenters. The van der Waals surface area contributed by atoms with Crippen molar-refractivity contribution in [3.05, 3.63) is 42.0 Å². The molecule has 0 aliphatic carbocycles. The maximum absolute atomic E-state index is 6.20. The fraction of sp³-hybridized carbons (Fsp3) is 0.500. The Balaban J connectivity index is 2.11. The van der Waals surface area contributed by atoms with Crippen LogP contribution in [-0.2, 0) is 14.9 Å². The van der Waals surface area contributed by atoms with Gasteiger partial charge in [-0.3, -0.25) is 0 Å². The van der Waals surface area contributed by atoms with Gasteiger partial charge in [0.1, 0.15) is 5.75 Å². The third kappa shape index (κ3) is 1.58. The van der Waals surface area contributed by atoms with Gasteiger partial charge in [-0.05, 0) is 25.5 Å². The number of rotatable bonds is 3. The SMILES string of the molecule is C=CC[C@@]12Oc3cc(C)ccc3[C@]1(C)C[C@H](OC)O2. The summed E-state index contributed by atoms with van der Waals surface area (Å²) in [5, 5.41) is 0. The lowest BCUT2D eigenvalue weighted by atomic mass is 9.74. The van der Waals surface area contributed by atoms with Gasteiger partial charge in [-0.15, -0.1) is 6.58 Å². The first-order chi connectivity index (χ1) is 9.04. The first-order valence-electron chi connectivity index (χ1n) is 6.66. The molecular formula is C16H20O3. The molecule has 102 valence electrons. The molecule has 1 saturated heterocycles. The highest BCUT2D eigenvalue weighted by Gasteiger charge is 2.64. The number of hydrogen-bond donors (Lipinski definition) is 0. The average molecular weight is 260 g/mol. The second kappa shape index (κ2) is 4.09. The molecule has 3 nitrogen and oxygen atoms in total. The van der Waals surface area contributed by atoms with E-state index in [9.17, 15) is 0 Å². The Labute approximate surface area is 114 Å². The van der Waals surface area contributed by atoms with Crippen LogP contribution in [-0.4, -0.2) is 19.2 Å². The minimum atomic E-state index is -0.675. The molecule has 1 fully saturated rings. The minimum Gasteiger partial charge on any atom is -0.461 e. The van der Waals surface area contributed by atoms with Gasteiger partial charge < -0.3 is 14.2 Å². The Morgan fingerprint density at radius 2 is 2.32 bits per heavy atom. The lowest BCUT2D eigenvalue weighted by Crippen LogP contribution is -2.46. The molecule has 0 spiro atoms. The van der Waals surface area contributed by atoms with Gasteiger partial charge in [-0.25, -0.2) is 0 Å². The molecule has 19 heavy (non-hydrogen) atoms. The van der Waals surface area contributed by atoms with Gasteiger partial charge in [0.2, 0.25) is 5.79 Å². The summed E-state index contributed by atoms with van der Waals surface area (Å²) in [6.45, 7) is 8.10. The third-order valence-corrected chi connectivity index (χ3v) is 4.42. The van der Waals surface area contributed by atoms with E-state index in [0.29, 0.717) is 6.42 Å². The van der Waals surface area contributed by atoms with Crippen LogP contribution >= 0.6 is 0 Å². The van der Waals surface area contributed by atoms with Gasteiger partial charge in [0, 0.05) is 25.5 Å². The molecule has 2 aliphatic rings.